The number of carbonyl (C=O) groups excluding carboxylic acids is 1. The maximum Gasteiger partial charge on any atom is 0.265 e. The number of nitrogens with one attached hydrogen (secondary N) is 1. The van der Waals surface area contributed by atoms with Crippen LogP contribution in [-0.4, -0.2) is 12.0 Å². The zero-order chi connectivity index (χ0) is 17.1. The minimum absolute atomic E-state index is 0.230. The topological polar surface area (TPSA) is 38.3 Å². The Hall–Kier alpha value is -1.71. The van der Waals surface area contributed by atoms with Crippen molar-refractivity contribution in [2.75, 3.05) is 5.32 Å². The van der Waals surface area contributed by atoms with Gasteiger partial charge in [0.25, 0.3) is 5.91 Å². The van der Waals surface area contributed by atoms with E-state index in [0.717, 1.165) is 18.6 Å². The Morgan fingerprint density at radius 2 is 1.79 bits per heavy atom. The van der Waals surface area contributed by atoms with Crippen LogP contribution in [0.25, 0.3) is 0 Å². The van der Waals surface area contributed by atoms with E-state index in [9.17, 15) is 4.79 Å². The van der Waals surface area contributed by atoms with Crippen molar-refractivity contribution in [2.24, 2.45) is 0 Å². The summed E-state index contributed by atoms with van der Waals surface area (Å²) in [4.78, 5) is 12.3. The van der Waals surface area contributed by atoms with Gasteiger partial charge in [0, 0.05) is 5.69 Å². The molecule has 0 bridgehead atoms. The second-order valence-corrected chi connectivity index (χ2v) is 6.83. The van der Waals surface area contributed by atoms with Gasteiger partial charge in [0.15, 0.2) is 6.10 Å². The standard InChI is InChI=1S/C19H19Cl2NO2/c1-12(19(23)22-15-7-9-17(20)18(21)11-15)24-16-8-6-13-4-2-3-5-14(13)10-16/h6-12H,2-5H2,1H3,(H,22,23)/t12-/m0/s1. The molecule has 0 aromatic heterocycles. The number of hydrogen-bond donors (Lipinski definition) is 1. The van der Waals surface area contributed by atoms with Crippen LogP contribution >= 0.6 is 23.2 Å². The van der Waals surface area contributed by atoms with Crippen molar-refractivity contribution in [1.82, 2.24) is 0 Å². The number of carbonyl (C=O) groups is 1. The molecule has 0 fully saturated rings. The molecule has 24 heavy (non-hydrogen) atoms. The van der Waals surface area contributed by atoms with Crippen molar-refractivity contribution >= 4 is 34.8 Å². The van der Waals surface area contributed by atoms with Crippen molar-refractivity contribution in [2.45, 2.75) is 38.7 Å². The summed E-state index contributed by atoms with van der Waals surface area (Å²) in [6.45, 7) is 1.73. The van der Waals surface area contributed by atoms with Crippen molar-refractivity contribution in [3.63, 3.8) is 0 Å². The monoisotopic (exact) mass is 363 g/mol. The van der Waals surface area contributed by atoms with Crippen LogP contribution in [0, 0.1) is 0 Å². The normalized spacial score (nSPS) is 14.6. The van der Waals surface area contributed by atoms with Crippen LogP contribution in [0.3, 0.4) is 0 Å². The first kappa shape index (κ1) is 17.1. The lowest BCUT2D eigenvalue weighted by Crippen LogP contribution is -2.30. The van der Waals surface area contributed by atoms with Crippen molar-refractivity contribution in [3.8, 4) is 5.75 Å². The van der Waals surface area contributed by atoms with Gasteiger partial charge in [-0.1, -0.05) is 29.3 Å². The fourth-order valence-electron chi connectivity index (χ4n) is 2.86. The van der Waals surface area contributed by atoms with E-state index in [1.165, 1.54) is 24.0 Å². The smallest absolute Gasteiger partial charge is 0.265 e. The molecule has 3 rings (SSSR count). The molecule has 126 valence electrons. The molecule has 1 amide bonds. The fraction of sp³-hybridized carbons (Fsp3) is 0.316. The summed E-state index contributed by atoms with van der Waals surface area (Å²) in [6, 6.07) is 11.1. The number of halogens is 2. The molecular weight excluding hydrogens is 345 g/mol. The summed E-state index contributed by atoms with van der Waals surface area (Å²) in [5.74, 6) is 0.499. The molecule has 1 aliphatic carbocycles. The van der Waals surface area contributed by atoms with Crippen molar-refractivity contribution in [3.05, 3.63) is 57.6 Å². The van der Waals surface area contributed by atoms with Crippen LogP contribution in [0.2, 0.25) is 10.0 Å². The third kappa shape index (κ3) is 4.03. The highest BCUT2D eigenvalue weighted by atomic mass is 35.5. The maximum absolute atomic E-state index is 12.3. The summed E-state index contributed by atoms with van der Waals surface area (Å²) in [7, 11) is 0. The molecule has 1 N–H and O–H groups in total. The van der Waals surface area contributed by atoms with E-state index in [1.807, 2.05) is 6.07 Å². The van der Waals surface area contributed by atoms with Gasteiger partial charge in [-0.15, -0.1) is 0 Å². The summed E-state index contributed by atoms with van der Waals surface area (Å²) in [6.07, 6.45) is 4.06. The molecule has 0 saturated heterocycles. The Labute approximate surface area is 151 Å². The van der Waals surface area contributed by atoms with E-state index in [-0.39, 0.29) is 5.91 Å². The van der Waals surface area contributed by atoms with E-state index in [1.54, 1.807) is 25.1 Å². The molecule has 0 aliphatic heterocycles. The van der Waals surface area contributed by atoms with E-state index in [4.69, 9.17) is 27.9 Å². The zero-order valence-corrected chi connectivity index (χ0v) is 15.0. The van der Waals surface area contributed by atoms with Crippen LogP contribution in [-0.2, 0) is 17.6 Å². The van der Waals surface area contributed by atoms with Gasteiger partial charge in [0.1, 0.15) is 5.75 Å². The number of ether oxygens (including phenoxy) is 1. The first-order valence-electron chi connectivity index (χ1n) is 8.07. The summed E-state index contributed by atoms with van der Waals surface area (Å²) >= 11 is 11.8. The molecule has 0 saturated carbocycles. The van der Waals surface area contributed by atoms with Gasteiger partial charge in [-0.25, -0.2) is 0 Å². The van der Waals surface area contributed by atoms with Crippen LogP contribution in [0.5, 0.6) is 5.75 Å². The first-order chi connectivity index (χ1) is 11.5. The lowest BCUT2D eigenvalue weighted by atomic mass is 9.92. The Morgan fingerprint density at radius 3 is 2.54 bits per heavy atom. The van der Waals surface area contributed by atoms with Gasteiger partial charge in [-0.05, 0) is 74.1 Å². The number of rotatable bonds is 4. The quantitative estimate of drug-likeness (QED) is 0.802. The Kier molecular flexibility index (Phi) is 5.32. The number of anilines is 1. The maximum atomic E-state index is 12.3. The number of hydrogen-bond acceptors (Lipinski definition) is 2. The predicted molar refractivity (Wildman–Crippen MR) is 98.3 cm³/mol. The van der Waals surface area contributed by atoms with Crippen molar-refractivity contribution < 1.29 is 9.53 Å². The van der Waals surface area contributed by atoms with E-state index >= 15 is 0 Å². The Balaban J connectivity index is 1.64. The minimum Gasteiger partial charge on any atom is -0.481 e. The molecule has 3 nitrogen and oxygen atoms in total. The van der Waals surface area contributed by atoms with Gasteiger partial charge in [0.05, 0.1) is 10.0 Å². The molecule has 5 heteroatoms. The third-order valence-corrected chi connectivity index (χ3v) is 4.93. The largest absolute Gasteiger partial charge is 0.481 e. The molecule has 2 aromatic rings. The molecule has 2 aromatic carbocycles. The third-order valence-electron chi connectivity index (χ3n) is 4.19. The first-order valence-corrected chi connectivity index (χ1v) is 8.83. The van der Waals surface area contributed by atoms with Crippen LogP contribution < -0.4 is 10.1 Å². The highest BCUT2D eigenvalue weighted by Crippen LogP contribution is 2.27. The van der Waals surface area contributed by atoms with Crippen molar-refractivity contribution in [1.29, 1.82) is 0 Å². The minimum atomic E-state index is -0.610. The zero-order valence-electron chi connectivity index (χ0n) is 13.4. The van der Waals surface area contributed by atoms with Gasteiger partial charge in [-0.2, -0.15) is 0 Å². The van der Waals surface area contributed by atoms with Gasteiger partial charge >= 0.3 is 0 Å². The second kappa shape index (κ2) is 7.45. The van der Waals surface area contributed by atoms with Crippen LogP contribution in [0.4, 0.5) is 5.69 Å². The lowest BCUT2D eigenvalue weighted by Gasteiger charge is -2.19. The SMILES string of the molecule is C[C@H](Oc1ccc2c(c1)CCCC2)C(=O)Nc1ccc(Cl)c(Cl)c1. The van der Waals surface area contributed by atoms with E-state index in [2.05, 4.69) is 17.4 Å². The number of benzene rings is 2. The summed E-state index contributed by atoms with van der Waals surface area (Å²) in [5.41, 5.74) is 3.31. The average molecular weight is 364 g/mol. The molecular formula is C19H19Cl2NO2. The molecule has 0 spiro atoms. The second-order valence-electron chi connectivity index (χ2n) is 6.02. The van der Waals surface area contributed by atoms with Crippen LogP contribution in [0.1, 0.15) is 30.9 Å². The average Bonchev–Trinajstić information content (AvgIpc) is 2.58. The highest BCUT2D eigenvalue weighted by molar-refractivity contribution is 6.42. The van der Waals surface area contributed by atoms with Gasteiger partial charge in [0.2, 0.25) is 0 Å². The molecule has 0 radical (unpaired) electrons. The number of aryl methyl sites for hydroxylation is 2. The predicted octanol–water partition coefficient (Wildman–Crippen LogP) is 5.28. The van der Waals surface area contributed by atoms with Crippen LogP contribution in [0.15, 0.2) is 36.4 Å². The van der Waals surface area contributed by atoms with E-state index < -0.39 is 6.10 Å². The summed E-state index contributed by atoms with van der Waals surface area (Å²) in [5, 5.41) is 3.64. The molecule has 1 atom stereocenters. The lowest BCUT2D eigenvalue weighted by molar-refractivity contribution is -0.122. The number of fused-ring (bicyclic) bond motifs is 1. The molecule has 0 heterocycles. The summed E-state index contributed by atoms with van der Waals surface area (Å²) < 4.78 is 5.80. The molecule has 1 aliphatic rings. The molecule has 0 unspecified atom stereocenters. The van der Waals surface area contributed by atoms with E-state index in [0.29, 0.717) is 15.7 Å². The Morgan fingerprint density at radius 1 is 1.04 bits per heavy atom. The number of amides is 1. The Bertz CT molecular complexity index is 761. The van der Waals surface area contributed by atoms with Gasteiger partial charge in [-0.3, -0.25) is 4.79 Å². The highest BCUT2D eigenvalue weighted by Gasteiger charge is 2.17. The van der Waals surface area contributed by atoms with Gasteiger partial charge < -0.3 is 10.1 Å². The fourth-order valence-corrected chi connectivity index (χ4v) is 3.16.